The number of carbonyl (C=O) groups is 1. The number of alkyl halides is 1. The molecule has 1 saturated carbocycles. The van der Waals surface area contributed by atoms with Gasteiger partial charge in [0.2, 0.25) is 0 Å². The SMILES string of the molecule is NC1=N[C@](CF)(c2cc(NC(=O)c3ccc(Cl)cn3)ccc2F)[C@@H]2[C@H]3CSC[C@]32S1. The summed E-state index contributed by atoms with van der Waals surface area (Å²) in [5, 5.41) is 3.39. The Morgan fingerprint density at radius 1 is 1.37 bits per heavy atom. The normalized spacial score (nSPS) is 31.5. The van der Waals surface area contributed by atoms with Crippen molar-refractivity contribution in [2.45, 2.75) is 10.3 Å². The summed E-state index contributed by atoms with van der Waals surface area (Å²) >= 11 is 9.11. The van der Waals surface area contributed by atoms with Crippen LogP contribution in [0.4, 0.5) is 14.5 Å². The van der Waals surface area contributed by atoms with E-state index < -0.39 is 23.9 Å². The molecule has 0 radical (unpaired) electrons. The van der Waals surface area contributed by atoms with Gasteiger partial charge >= 0.3 is 0 Å². The molecule has 1 aromatic heterocycles. The minimum absolute atomic E-state index is 0.119. The lowest BCUT2D eigenvalue weighted by molar-refractivity contribution is 0.102. The molecule has 2 aromatic rings. The van der Waals surface area contributed by atoms with Gasteiger partial charge in [0.05, 0.1) is 5.02 Å². The predicted molar refractivity (Wildman–Crippen MR) is 118 cm³/mol. The third-order valence-electron chi connectivity index (χ3n) is 6.05. The van der Waals surface area contributed by atoms with E-state index in [1.165, 1.54) is 42.2 Å². The predicted octanol–water partition coefficient (Wildman–Crippen LogP) is 4.08. The highest BCUT2D eigenvalue weighted by Crippen LogP contribution is 2.74. The van der Waals surface area contributed by atoms with Crippen molar-refractivity contribution in [2.75, 3.05) is 23.5 Å². The van der Waals surface area contributed by atoms with E-state index in [0.717, 1.165) is 11.5 Å². The first-order valence-electron chi connectivity index (χ1n) is 9.30. The molecule has 3 aliphatic rings. The van der Waals surface area contributed by atoms with Gasteiger partial charge in [0.1, 0.15) is 23.7 Å². The van der Waals surface area contributed by atoms with Crippen LogP contribution in [0.2, 0.25) is 5.02 Å². The Hall–Kier alpha value is -1.84. The van der Waals surface area contributed by atoms with Crippen LogP contribution in [0.1, 0.15) is 16.1 Å². The van der Waals surface area contributed by atoms with Gasteiger partial charge < -0.3 is 11.1 Å². The fourth-order valence-electron chi connectivity index (χ4n) is 4.71. The van der Waals surface area contributed by atoms with Crippen LogP contribution in [0.5, 0.6) is 0 Å². The highest BCUT2D eigenvalue weighted by atomic mass is 35.5. The standard InChI is InChI=1S/C20H17ClF2N4OS2/c21-10-1-4-15(25-6-10)17(28)26-11-2-3-14(23)12(5-11)19(8-22)16-13-7-29-9-20(13,16)30-18(24)27-19/h1-6,13,16H,7-9H2,(H2,24,27)(H,26,28)/t13-,16+,19-,20+/m1/s1. The van der Waals surface area contributed by atoms with Crippen LogP contribution in [0, 0.1) is 17.7 Å². The van der Waals surface area contributed by atoms with Gasteiger partial charge in [-0.1, -0.05) is 23.4 Å². The summed E-state index contributed by atoms with van der Waals surface area (Å²) in [5.74, 6) is 0.826. The fraction of sp³-hybridized carbons (Fsp3) is 0.350. The lowest BCUT2D eigenvalue weighted by Gasteiger charge is -2.35. The second-order valence-corrected chi connectivity index (χ2v) is 10.5. The van der Waals surface area contributed by atoms with E-state index in [0.29, 0.717) is 10.7 Å². The van der Waals surface area contributed by atoms with Gasteiger partial charge in [0.25, 0.3) is 5.91 Å². The van der Waals surface area contributed by atoms with Crippen molar-refractivity contribution >= 4 is 51.9 Å². The molecule has 5 nitrogen and oxygen atoms in total. The molecule has 1 aromatic carbocycles. The first-order chi connectivity index (χ1) is 14.4. The molecule has 10 heteroatoms. The molecule has 4 atom stereocenters. The smallest absolute Gasteiger partial charge is 0.274 e. The zero-order valence-corrected chi connectivity index (χ0v) is 18.0. The van der Waals surface area contributed by atoms with Crippen LogP contribution in [-0.2, 0) is 5.54 Å². The summed E-state index contributed by atoms with van der Waals surface area (Å²) in [5.41, 5.74) is 5.32. The molecule has 30 heavy (non-hydrogen) atoms. The molecular formula is C20H17ClF2N4OS2. The number of nitrogens with zero attached hydrogens (tertiary/aromatic N) is 2. The van der Waals surface area contributed by atoms with E-state index in [9.17, 15) is 13.6 Å². The topological polar surface area (TPSA) is 80.4 Å². The summed E-state index contributed by atoms with van der Waals surface area (Å²) in [4.78, 5) is 20.9. The summed E-state index contributed by atoms with van der Waals surface area (Å²) < 4.78 is 29.4. The first kappa shape index (κ1) is 20.1. The molecule has 3 N–H and O–H groups in total. The molecule has 2 aliphatic heterocycles. The number of carbonyl (C=O) groups excluding carboxylic acids is 1. The number of benzene rings is 1. The number of anilines is 1. The van der Waals surface area contributed by atoms with Crippen molar-refractivity contribution in [1.82, 2.24) is 4.98 Å². The molecule has 1 amide bonds. The molecule has 3 heterocycles. The molecule has 1 aliphatic carbocycles. The maximum Gasteiger partial charge on any atom is 0.274 e. The van der Waals surface area contributed by atoms with Crippen LogP contribution in [0.3, 0.4) is 0 Å². The number of rotatable bonds is 4. The highest BCUT2D eigenvalue weighted by molar-refractivity contribution is 8.16. The van der Waals surface area contributed by atoms with Crippen molar-refractivity contribution in [3.63, 3.8) is 0 Å². The number of halogens is 3. The number of thioether (sulfide) groups is 2. The highest BCUT2D eigenvalue weighted by Gasteiger charge is 2.77. The molecule has 0 unspecified atom stereocenters. The number of amides is 1. The molecule has 0 bridgehead atoms. The maximum absolute atomic E-state index is 15.0. The van der Waals surface area contributed by atoms with Gasteiger partial charge in [0.15, 0.2) is 5.17 Å². The summed E-state index contributed by atoms with van der Waals surface area (Å²) in [6.07, 6.45) is 1.37. The van der Waals surface area contributed by atoms with Gasteiger partial charge in [-0.05, 0) is 42.0 Å². The first-order valence-corrected chi connectivity index (χ1v) is 11.7. The molecule has 1 saturated heterocycles. The number of fused-ring (bicyclic) bond motifs is 1. The van der Waals surface area contributed by atoms with E-state index in [4.69, 9.17) is 17.3 Å². The minimum Gasteiger partial charge on any atom is -0.378 e. The third-order valence-corrected chi connectivity index (χ3v) is 9.11. The number of nitrogens with one attached hydrogen (secondary N) is 1. The van der Waals surface area contributed by atoms with E-state index in [2.05, 4.69) is 15.3 Å². The van der Waals surface area contributed by atoms with Crippen LogP contribution in [0.25, 0.3) is 0 Å². The van der Waals surface area contributed by atoms with Gasteiger partial charge in [0, 0.05) is 33.9 Å². The van der Waals surface area contributed by atoms with Gasteiger partial charge in [-0.15, -0.1) is 0 Å². The Labute approximate surface area is 185 Å². The van der Waals surface area contributed by atoms with Gasteiger partial charge in [-0.2, -0.15) is 11.8 Å². The molecule has 156 valence electrons. The number of aromatic nitrogens is 1. The van der Waals surface area contributed by atoms with E-state index in [-0.39, 0.29) is 33.0 Å². The summed E-state index contributed by atoms with van der Waals surface area (Å²) in [7, 11) is 0. The Bertz CT molecular complexity index is 1070. The number of pyridine rings is 1. The quantitative estimate of drug-likeness (QED) is 0.709. The zero-order valence-electron chi connectivity index (χ0n) is 15.6. The molecule has 5 rings (SSSR count). The third kappa shape index (κ3) is 2.93. The van der Waals surface area contributed by atoms with Crippen molar-refractivity contribution in [1.29, 1.82) is 0 Å². The lowest BCUT2D eigenvalue weighted by atomic mass is 9.84. The van der Waals surface area contributed by atoms with Crippen LogP contribution in [0.15, 0.2) is 41.5 Å². The van der Waals surface area contributed by atoms with Crippen LogP contribution >= 0.6 is 35.1 Å². The zero-order chi connectivity index (χ0) is 21.1. The summed E-state index contributed by atoms with van der Waals surface area (Å²) in [6.45, 7) is -0.852. The fourth-order valence-corrected chi connectivity index (χ4v) is 8.38. The Balaban J connectivity index is 1.51. The van der Waals surface area contributed by atoms with Gasteiger partial charge in [-0.25, -0.2) is 18.8 Å². The summed E-state index contributed by atoms with van der Waals surface area (Å²) in [6, 6.07) is 7.16. The monoisotopic (exact) mass is 466 g/mol. The Kier molecular flexibility index (Phi) is 4.75. The Morgan fingerprint density at radius 3 is 2.93 bits per heavy atom. The maximum atomic E-state index is 15.0. The van der Waals surface area contributed by atoms with Crippen LogP contribution in [-0.4, -0.2) is 39.0 Å². The minimum atomic E-state index is -1.37. The number of nitrogens with two attached hydrogens (primary N) is 1. The molecule has 1 spiro atoms. The van der Waals surface area contributed by atoms with Crippen LogP contribution < -0.4 is 11.1 Å². The largest absolute Gasteiger partial charge is 0.378 e. The lowest BCUT2D eigenvalue weighted by Crippen LogP contribution is -2.41. The van der Waals surface area contributed by atoms with E-state index in [1.807, 2.05) is 11.8 Å². The number of aliphatic imine (C=N–C) groups is 1. The van der Waals surface area contributed by atoms with Crippen molar-refractivity contribution < 1.29 is 13.6 Å². The molecular weight excluding hydrogens is 450 g/mol. The second kappa shape index (κ2) is 7.10. The number of hydrogen-bond acceptors (Lipinski definition) is 6. The number of amidine groups is 1. The van der Waals surface area contributed by atoms with E-state index in [1.54, 1.807) is 6.07 Å². The van der Waals surface area contributed by atoms with Gasteiger partial charge in [-0.3, -0.25) is 4.79 Å². The van der Waals surface area contributed by atoms with Crippen molar-refractivity contribution in [3.8, 4) is 0 Å². The van der Waals surface area contributed by atoms with Crippen molar-refractivity contribution in [2.24, 2.45) is 22.6 Å². The average Bonchev–Trinajstić information content (AvgIpc) is 3.18. The Morgan fingerprint density at radius 2 is 2.20 bits per heavy atom. The van der Waals surface area contributed by atoms with E-state index >= 15 is 0 Å². The molecule has 2 fully saturated rings. The second-order valence-electron chi connectivity index (χ2n) is 7.67. The van der Waals surface area contributed by atoms with Crippen molar-refractivity contribution in [3.05, 3.63) is 58.6 Å². The number of hydrogen-bond donors (Lipinski definition) is 2. The average molecular weight is 467 g/mol.